The van der Waals surface area contributed by atoms with Crippen molar-refractivity contribution in [2.24, 2.45) is 12.0 Å². The van der Waals surface area contributed by atoms with Crippen molar-refractivity contribution in [2.45, 2.75) is 32.6 Å². The fourth-order valence-corrected chi connectivity index (χ4v) is 2.41. The molecule has 28 heavy (non-hydrogen) atoms. The molecule has 1 unspecified atom stereocenters. The number of guanidine groups is 1. The highest BCUT2D eigenvalue weighted by Gasteiger charge is 2.25. The van der Waals surface area contributed by atoms with Crippen LogP contribution in [-0.2, 0) is 19.2 Å². The van der Waals surface area contributed by atoms with E-state index in [9.17, 15) is 13.9 Å². The number of nitrogens with zero attached hydrogens (tertiary/aromatic N) is 3. The van der Waals surface area contributed by atoms with Gasteiger partial charge in [0, 0.05) is 30.9 Å². The molecule has 156 valence electrons. The molecule has 1 heterocycles. The summed E-state index contributed by atoms with van der Waals surface area (Å²) in [5.74, 6) is 0.544. The summed E-state index contributed by atoms with van der Waals surface area (Å²) in [6, 6.07) is 6.51. The highest BCUT2D eigenvalue weighted by atomic mass is 127. The van der Waals surface area contributed by atoms with E-state index in [0.29, 0.717) is 23.6 Å². The normalized spacial score (nSPS) is 13.6. The van der Waals surface area contributed by atoms with Gasteiger partial charge in [-0.1, -0.05) is 18.2 Å². The average Bonchev–Trinajstić information content (AvgIpc) is 3.05. The fourth-order valence-electron chi connectivity index (χ4n) is 2.41. The quantitative estimate of drug-likeness (QED) is 0.290. The number of aromatic nitrogens is 2. The molecule has 2 aromatic rings. The van der Waals surface area contributed by atoms with E-state index in [1.54, 1.807) is 49.2 Å². The number of hydrogen-bond donors (Lipinski definition) is 3. The van der Waals surface area contributed by atoms with E-state index >= 15 is 0 Å². The van der Waals surface area contributed by atoms with Crippen molar-refractivity contribution < 1.29 is 18.6 Å². The molecule has 7 nitrogen and oxygen atoms in total. The molecule has 10 heteroatoms. The molecule has 2 rings (SSSR count). The molecule has 0 spiro atoms. The van der Waals surface area contributed by atoms with Gasteiger partial charge in [0.05, 0.1) is 19.3 Å². The molecule has 0 aliphatic rings. The maximum Gasteiger partial charge on any atom is 0.387 e. The Hall–Kier alpha value is -1.95. The number of aliphatic imine (C=N–C) groups is 1. The lowest BCUT2D eigenvalue weighted by molar-refractivity contribution is -0.0504. The molecule has 0 amide bonds. The topological polar surface area (TPSA) is 83.7 Å². The molecule has 0 fully saturated rings. The van der Waals surface area contributed by atoms with Gasteiger partial charge < -0.3 is 20.5 Å². The van der Waals surface area contributed by atoms with E-state index in [0.717, 1.165) is 0 Å². The van der Waals surface area contributed by atoms with Gasteiger partial charge in [-0.15, -0.1) is 24.0 Å². The Labute approximate surface area is 180 Å². The van der Waals surface area contributed by atoms with Crippen LogP contribution < -0.4 is 15.4 Å². The predicted molar refractivity (Wildman–Crippen MR) is 114 cm³/mol. The molecule has 1 aromatic carbocycles. The van der Waals surface area contributed by atoms with Gasteiger partial charge >= 0.3 is 6.61 Å². The predicted octanol–water partition coefficient (Wildman–Crippen LogP) is 2.60. The zero-order valence-electron chi connectivity index (χ0n) is 16.0. The molecule has 0 bridgehead atoms. The molecule has 1 aromatic heterocycles. The van der Waals surface area contributed by atoms with Gasteiger partial charge in [-0.05, 0) is 19.9 Å². The Bertz CT molecular complexity index is 768. The average molecular weight is 509 g/mol. The summed E-state index contributed by atoms with van der Waals surface area (Å²) in [5.41, 5.74) is 0.0549. The van der Waals surface area contributed by atoms with Crippen LogP contribution in [0.3, 0.4) is 0 Å². The van der Waals surface area contributed by atoms with E-state index in [2.05, 4.69) is 25.5 Å². The largest absolute Gasteiger partial charge is 0.434 e. The third-order valence-corrected chi connectivity index (χ3v) is 3.87. The Morgan fingerprint density at radius 1 is 1.36 bits per heavy atom. The van der Waals surface area contributed by atoms with Crippen LogP contribution in [0.1, 0.15) is 25.0 Å². The monoisotopic (exact) mass is 509 g/mol. The Morgan fingerprint density at radius 2 is 2.07 bits per heavy atom. The lowest BCUT2D eigenvalue weighted by Crippen LogP contribution is -2.44. The first-order valence-corrected chi connectivity index (χ1v) is 8.58. The van der Waals surface area contributed by atoms with E-state index in [1.165, 1.54) is 6.07 Å². The van der Waals surface area contributed by atoms with Gasteiger partial charge in [-0.3, -0.25) is 4.68 Å². The first kappa shape index (κ1) is 24.1. The molecular weight excluding hydrogens is 483 g/mol. The van der Waals surface area contributed by atoms with Crippen molar-refractivity contribution in [3.63, 3.8) is 0 Å². The first-order chi connectivity index (χ1) is 12.8. The summed E-state index contributed by atoms with van der Waals surface area (Å²) in [6.07, 6.45) is 3.34. The molecule has 3 N–H and O–H groups in total. The third-order valence-electron chi connectivity index (χ3n) is 3.87. The van der Waals surface area contributed by atoms with Gasteiger partial charge in [-0.2, -0.15) is 13.9 Å². The van der Waals surface area contributed by atoms with Gasteiger partial charge in [-0.25, -0.2) is 4.99 Å². The van der Waals surface area contributed by atoms with Crippen molar-refractivity contribution in [1.82, 2.24) is 20.4 Å². The molecule has 0 radical (unpaired) electrons. The number of aliphatic hydroxyl groups is 1. The van der Waals surface area contributed by atoms with Gasteiger partial charge in [0.1, 0.15) is 11.4 Å². The Balaban J connectivity index is 0.00000392. The minimum Gasteiger partial charge on any atom is -0.434 e. The second kappa shape index (κ2) is 11.1. The summed E-state index contributed by atoms with van der Waals surface area (Å²) in [4.78, 5) is 4.39. The van der Waals surface area contributed by atoms with Crippen molar-refractivity contribution in [3.8, 4) is 5.75 Å². The van der Waals surface area contributed by atoms with E-state index in [4.69, 9.17) is 0 Å². The van der Waals surface area contributed by atoms with Crippen molar-refractivity contribution in [2.75, 3.05) is 13.1 Å². The molecule has 0 saturated heterocycles. The number of aryl methyl sites for hydroxylation is 1. The van der Waals surface area contributed by atoms with Crippen LogP contribution in [0.2, 0.25) is 0 Å². The van der Waals surface area contributed by atoms with Crippen LogP contribution >= 0.6 is 24.0 Å². The van der Waals surface area contributed by atoms with Gasteiger partial charge in [0.25, 0.3) is 0 Å². The van der Waals surface area contributed by atoms with E-state index in [1.807, 2.05) is 6.92 Å². The number of nitrogens with one attached hydrogen (secondary N) is 2. The molecular formula is C18H26F2IN5O2. The highest BCUT2D eigenvalue weighted by Crippen LogP contribution is 2.21. The third kappa shape index (κ3) is 7.23. The van der Waals surface area contributed by atoms with Crippen LogP contribution in [0.25, 0.3) is 0 Å². The molecule has 0 aliphatic carbocycles. The van der Waals surface area contributed by atoms with Crippen molar-refractivity contribution in [1.29, 1.82) is 0 Å². The SMILES string of the molecule is CCNC(=NCc1ccccc1OC(F)F)NCC(C)(O)c1cnn(C)c1.I. The lowest BCUT2D eigenvalue weighted by Gasteiger charge is -2.23. The second-order valence-electron chi connectivity index (χ2n) is 6.21. The summed E-state index contributed by atoms with van der Waals surface area (Å²) in [7, 11) is 1.78. The number of benzene rings is 1. The number of hydrogen-bond acceptors (Lipinski definition) is 4. The second-order valence-corrected chi connectivity index (χ2v) is 6.21. The maximum atomic E-state index is 12.5. The Kier molecular flexibility index (Phi) is 9.59. The summed E-state index contributed by atoms with van der Waals surface area (Å²) in [6.45, 7) is 1.63. The summed E-state index contributed by atoms with van der Waals surface area (Å²) >= 11 is 0. The zero-order valence-corrected chi connectivity index (χ0v) is 18.4. The number of alkyl halides is 2. The van der Waals surface area contributed by atoms with E-state index < -0.39 is 12.2 Å². The number of ether oxygens (including phenoxy) is 1. The van der Waals surface area contributed by atoms with Crippen LogP contribution in [0.5, 0.6) is 5.75 Å². The summed E-state index contributed by atoms with van der Waals surface area (Å²) < 4.78 is 31.2. The maximum absolute atomic E-state index is 12.5. The smallest absolute Gasteiger partial charge is 0.387 e. The zero-order chi connectivity index (χ0) is 19.9. The number of para-hydroxylation sites is 1. The van der Waals surface area contributed by atoms with Crippen LogP contribution in [0.4, 0.5) is 8.78 Å². The summed E-state index contributed by atoms with van der Waals surface area (Å²) in [5, 5.41) is 20.8. The standard InChI is InChI=1S/C18H25F2N5O2.HI/c1-4-21-17(23-12-18(2,26)14-10-24-25(3)11-14)22-9-13-7-5-6-8-15(13)27-16(19)20;/h5-8,10-11,16,26H,4,9,12H2,1-3H3,(H2,21,22,23);1H. The van der Waals surface area contributed by atoms with Crippen LogP contribution in [-0.4, -0.2) is 40.5 Å². The van der Waals surface area contributed by atoms with Gasteiger partial charge in [0.15, 0.2) is 5.96 Å². The number of halogens is 3. The fraction of sp³-hybridized carbons (Fsp3) is 0.444. The van der Waals surface area contributed by atoms with Crippen molar-refractivity contribution in [3.05, 3.63) is 47.8 Å². The Morgan fingerprint density at radius 3 is 2.68 bits per heavy atom. The van der Waals surface area contributed by atoms with E-state index in [-0.39, 0.29) is 42.8 Å². The number of rotatable bonds is 8. The highest BCUT2D eigenvalue weighted by molar-refractivity contribution is 14.0. The van der Waals surface area contributed by atoms with Crippen LogP contribution in [0, 0.1) is 0 Å². The van der Waals surface area contributed by atoms with Gasteiger partial charge in [0.2, 0.25) is 0 Å². The first-order valence-electron chi connectivity index (χ1n) is 8.58. The lowest BCUT2D eigenvalue weighted by atomic mass is 10.00. The molecule has 0 aliphatic heterocycles. The molecule has 1 atom stereocenters. The minimum atomic E-state index is -2.89. The molecule has 0 saturated carbocycles. The minimum absolute atomic E-state index is 0. The van der Waals surface area contributed by atoms with Crippen LogP contribution in [0.15, 0.2) is 41.7 Å². The van der Waals surface area contributed by atoms with Crippen molar-refractivity contribution >= 4 is 29.9 Å².